The zero-order valence-corrected chi connectivity index (χ0v) is 12.2. The van der Waals surface area contributed by atoms with Crippen LogP contribution in [0.1, 0.15) is 22.9 Å². The highest BCUT2D eigenvalue weighted by Gasteiger charge is 2.35. The average molecular weight is 316 g/mol. The average Bonchev–Trinajstić information content (AvgIpc) is 2.94. The van der Waals surface area contributed by atoms with Crippen LogP contribution in [0.3, 0.4) is 0 Å². The minimum absolute atomic E-state index is 0.247. The van der Waals surface area contributed by atoms with E-state index in [0.717, 1.165) is 0 Å². The first kappa shape index (κ1) is 15.8. The van der Waals surface area contributed by atoms with Crippen molar-refractivity contribution in [2.45, 2.75) is 19.1 Å². The number of hydrogen-bond donors (Lipinski definition) is 1. The van der Waals surface area contributed by atoms with Gasteiger partial charge in [-0.25, -0.2) is 4.98 Å². The molecule has 0 radical (unpaired) electrons. The van der Waals surface area contributed by atoms with Crippen LogP contribution in [0.15, 0.2) is 36.5 Å². The fourth-order valence-electron chi connectivity index (χ4n) is 1.76. The van der Waals surface area contributed by atoms with Crippen molar-refractivity contribution in [2.75, 3.05) is 13.2 Å². The van der Waals surface area contributed by atoms with E-state index in [1.165, 1.54) is 6.20 Å². The number of aromatic nitrogens is 1. The fraction of sp³-hybridized carbons (Fsp3) is 0.357. The van der Waals surface area contributed by atoms with Crippen molar-refractivity contribution in [3.63, 3.8) is 0 Å². The van der Waals surface area contributed by atoms with Crippen molar-refractivity contribution in [3.8, 4) is 5.75 Å². The summed E-state index contributed by atoms with van der Waals surface area (Å²) in [6.45, 7) is 2.76. The Morgan fingerprint density at radius 3 is 2.57 bits per heavy atom. The zero-order chi connectivity index (χ0) is 15.3. The SMILES string of the molecule is CCNC(COc1ccccc1)c1cnc(C(F)(F)F)s1. The first-order valence-corrected chi connectivity index (χ1v) is 7.26. The largest absolute Gasteiger partial charge is 0.492 e. The molecule has 0 spiro atoms. The predicted octanol–water partition coefficient (Wildman–Crippen LogP) is 3.89. The Bertz CT molecular complexity index is 557. The molecule has 2 aromatic rings. The summed E-state index contributed by atoms with van der Waals surface area (Å²) in [6.07, 6.45) is -3.14. The lowest BCUT2D eigenvalue weighted by molar-refractivity contribution is -0.137. The number of benzene rings is 1. The molecule has 1 aromatic heterocycles. The fourth-order valence-corrected chi connectivity index (χ4v) is 2.61. The number of alkyl halides is 3. The quantitative estimate of drug-likeness (QED) is 0.878. The molecular weight excluding hydrogens is 301 g/mol. The van der Waals surface area contributed by atoms with Crippen LogP contribution in [0.4, 0.5) is 13.2 Å². The van der Waals surface area contributed by atoms with Crippen LogP contribution in [0.2, 0.25) is 0 Å². The maximum absolute atomic E-state index is 12.6. The van der Waals surface area contributed by atoms with Gasteiger partial charge in [0.2, 0.25) is 0 Å². The molecule has 1 N–H and O–H groups in total. The van der Waals surface area contributed by atoms with Gasteiger partial charge in [0.15, 0.2) is 5.01 Å². The first-order chi connectivity index (χ1) is 10.0. The molecule has 1 heterocycles. The molecule has 0 bridgehead atoms. The molecule has 7 heteroatoms. The van der Waals surface area contributed by atoms with Crippen molar-refractivity contribution < 1.29 is 17.9 Å². The lowest BCUT2D eigenvalue weighted by atomic mass is 10.2. The Balaban J connectivity index is 2.06. The Morgan fingerprint density at radius 1 is 1.29 bits per heavy atom. The highest BCUT2D eigenvalue weighted by molar-refractivity contribution is 7.11. The van der Waals surface area contributed by atoms with E-state index in [0.29, 0.717) is 28.5 Å². The van der Waals surface area contributed by atoms with Crippen LogP contribution in [0.25, 0.3) is 0 Å². The number of rotatable bonds is 6. The third-order valence-corrected chi connectivity index (χ3v) is 3.88. The van der Waals surface area contributed by atoms with Crippen LogP contribution in [-0.2, 0) is 6.18 Å². The van der Waals surface area contributed by atoms with E-state index in [1.54, 1.807) is 12.1 Å². The molecule has 114 valence electrons. The van der Waals surface area contributed by atoms with E-state index in [-0.39, 0.29) is 12.6 Å². The molecule has 0 saturated carbocycles. The molecule has 0 aliphatic heterocycles. The number of thiazole rings is 1. The minimum atomic E-state index is -4.40. The lowest BCUT2D eigenvalue weighted by Crippen LogP contribution is -2.25. The Labute approximate surface area is 124 Å². The first-order valence-electron chi connectivity index (χ1n) is 6.45. The normalized spacial score (nSPS) is 13.1. The minimum Gasteiger partial charge on any atom is -0.492 e. The van der Waals surface area contributed by atoms with Gasteiger partial charge in [0.1, 0.15) is 12.4 Å². The second-order valence-corrected chi connectivity index (χ2v) is 5.36. The van der Waals surface area contributed by atoms with E-state index < -0.39 is 11.2 Å². The number of nitrogens with one attached hydrogen (secondary N) is 1. The van der Waals surface area contributed by atoms with Gasteiger partial charge in [-0.1, -0.05) is 25.1 Å². The van der Waals surface area contributed by atoms with Gasteiger partial charge in [-0.2, -0.15) is 13.2 Å². The van der Waals surface area contributed by atoms with E-state index >= 15 is 0 Å². The molecular formula is C14H15F3N2OS. The molecule has 1 aromatic carbocycles. The number of ether oxygens (including phenoxy) is 1. The predicted molar refractivity (Wildman–Crippen MR) is 75.5 cm³/mol. The Kier molecular flexibility index (Phi) is 5.19. The van der Waals surface area contributed by atoms with E-state index in [4.69, 9.17) is 4.74 Å². The van der Waals surface area contributed by atoms with Gasteiger partial charge in [0.05, 0.1) is 6.04 Å². The number of nitrogens with zero attached hydrogens (tertiary/aromatic N) is 1. The summed E-state index contributed by atoms with van der Waals surface area (Å²) < 4.78 is 43.4. The Hall–Kier alpha value is -1.60. The summed E-state index contributed by atoms with van der Waals surface area (Å²) in [5.41, 5.74) is 0. The van der Waals surface area contributed by atoms with E-state index in [1.807, 2.05) is 25.1 Å². The summed E-state index contributed by atoms with van der Waals surface area (Å²) in [5, 5.41) is 2.28. The highest BCUT2D eigenvalue weighted by Crippen LogP contribution is 2.34. The van der Waals surface area contributed by atoms with Gasteiger partial charge in [-0.05, 0) is 18.7 Å². The Morgan fingerprint density at radius 2 is 2.00 bits per heavy atom. The van der Waals surface area contributed by atoms with E-state index in [9.17, 15) is 13.2 Å². The maximum atomic E-state index is 12.6. The molecule has 21 heavy (non-hydrogen) atoms. The van der Waals surface area contributed by atoms with Crippen LogP contribution >= 0.6 is 11.3 Å². The second kappa shape index (κ2) is 6.91. The molecule has 1 atom stereocenters. The third kappa shape index (κ3) is 4.44. The number of likely N-dealkylation sites (N-methyl/N-ethyl adjacent to an activating group) is 1. The zero-order valence-electron chi connectivity index (χ0n) is 11.4. The summed E-state index contributed by atoms with van der Waals surface area (Å²) in [7, 11) is 0. The number of para-hydroxylation sites is 1. The topological polar surface area (TPSA) is 34.1 Å². The maximum Gasteiger partial charge on any atom is 0.443 e. The molecule has 0 aliphatic rings. The van der Waals surface area contributed by atoms with Crippen LogP contribution < -0.4 is 10.1 Å². The van der Waals surface area contributed by atoms with E-state index in [2.05, 4.69) is 10.3 Å². The van der Waals surface area contributed by atoms with Gasteiger partial charge in [0.25, 0.3) is 0 Å². The van der Waals surface area contributed by atoms with Crippen LogP contribution in [0.5, 0.6) is 5.75 Å². The van der Waals surface area contributed by atoms with Crippen LogP contribution in [0, 0.1) is 0 Å². The number of halogens is 3. The summed E-state index contributed by atoms with van der Waals surface area (Å²) in [6, 6.07) is 8.84. The van der Waals surface area contributed by atoms with Crippen molar-refractivity contribution in [3.05, 3.63) is 46.4 Å². The standard InChI is InChI=1S/C14H15F3N2OS/c1-2-18-11(9-20-10-6-4-3-5-7-10)12-8-19-13(21-12)14(15,16)17/h3-8,11,18H,2,9H2,1H3. The van der Waals surface area contributed by atoms with Gasteiger partial charge in [-0.15, -0.1) is 11.3 Å². The summed E-state index contributed by atoms with van der Waals surface area (Å²) >= 11 is 0.644. The highest BCUT2D eigenvalue weighted by atomic mass is 32.1. The summed E-state index contributed by atoms with van der Waals surface area (Å²) in [5.74, 6) is 0.681. The molecule has 0 aliphatic carbocycles. The van der Waals surface area contributed by atoms with Crippen molar-refractivity contribution in [2.24, 2.45) is 0 Å². The molecule has 2 rings (SSSR count). The number of hydrogen-bond acceptors (Lipinski definition) is 4. The van der Waals surface area contributed by atoms with Crippen molar-refractivity contribution in [1.82, 2.24) is 10.3 Å². The van der Waals surface area contributed by atoms with Gasteiger partial charge < -0.3 is 10.1 Å². The van der Waals surface area contributed by atoms with Gasteiger partial charge in [-0.3, -0.25) is 0 Å². The summed E-state index contributed by atoms with van der Waals surface area (Å²) in [4.78, 5) is 3.96. The van der Waals surface area contributed by atoms with Crippen LogP contribution in [-0.4, -0.2) is 18.1 Å². The molecule has 0 fully saturated rings. The van der Waals surface area contributed by atoms with Gasteiger partial charge >= 0.3 is 6.18 Å². The monoisotopic (exact) mass is 316 g/mol. The van der Waals surface area contributed by atoms with Crippen molar-refractivity contribution in [1.29, 1.82) is 0 Å². The lowest BCUT2D eigenvalue weighted by Gasteiger charge is -2.16. The smallest absolute Gasteiger partial charge is 0.443 e. The molecule has 3 nitrogen and oxygen atoms in total. The third-order valence-electron chi connectivity index (χ3n) is 2.72. The van der Waals surface area contributed by atoms with Crippen molar-refractivity contribution >= 4 is 11.3 Å². The molecule has 0 saturated heterocycles. The molecule has 0 amide bonds. The second-order valence-electron chi connectivity index (χ2n) is 4.30. The van der Waals surface area contributed by atoms with Gasteiger partial charge in [0, 0.05) is 11.1 Å². The molecule has 1 unspecified atom stereocenters.